The van der Waals surface area contributed by atoms with Gasteiger partial charge in [-0.3, -0.25) is 0 Å². The van der Waals surface area contributed by atoms with E-state index in [9.17, 15) is 4.39 Å². The van der Waals surface area contributed by atoms with Gasteiger partial charge in [-0.1, -0.05) is 12.1 Å². The predicted octanol–water partition coefficient (Wildman–Crippen LogP) is 2.92. The van der Waals surface area contributed by atoms with Crippen molar-refractivity contribution < 1.29 is 9.13 Å². The molecule has 1 N–H and O–H groups in total. The van der Waals surface area contributed by atoms with Crippen molar-refractivity contribution in [3.63, 3.8) is 0 Å². The molecule has 2 nitrogen and oxygen atoms in total. The van der Waals surface area contributed by atoms with Crippen LogP contribution >= 0.6 is 0 Å². The molecule has 0 aliphatic heterocycles. The van der Waals surface area contributed by atoms with Gasteiger partial charge in [-0.15, -0.1) is 0 Å². The number of hydrogen-bond donors (Lipinski definition) is 1. The molecule has 0 spiro atoms. The Morgan fingerprint density at radius 1 is 1.28 bits per heavy atom. The van der Waals surface area contributed by atoms with Gasteiger partial charge in [-0.05, 0) is 56.3 Å². The van der Waals surface area contributed by atoms with Crippen LogP contribution in [0.5, 0.6) is 0 Å². The molecular formula is C15H22FNO. The molecule has 2 rings (SSSR count). The predicted molar refractivity (Wildman–Crippen MR) is 71.2 cm³/mol. The van der Waals surface area contributed by atoms with E-state index >= 15 is 0 Å². The first-order chi connectivity index (χ1) is 8.78. The summed E-state index contributed by atoms with van der Waals surface area (Å²) in [5.74, 6) is -0.145. The van der Waals surface area contributed by atoms with Crippen LogP contribution in [-0.2, 0) is 11.2 Å². The van der Waals surface area contributed by atoms with Crippen molar-refractivity contribution in [1.29, 1.82) is 0 Å². The molecule has 1 aromatic carbocycles. The molecule has 100 valence electrons. The van der Waals surface area contributed by atoms with Gasteiger partial charge in [0.15, 0.2) is 0 Å². The van der Waals surface area contributed by atoms with Crippen molar-refractivity contribution >= 4 is 0 Å². The fraction of sp³-hybridized carbons (Fsp3) is 0.600. The van der Waals surface area contributed by atoms with Crippen molar-refractivity contribution in [1.82, 2.24) is 5.32 Å². The minimum atomic E-state index is -0.145. The fourth-order valence-electron chi connectivity index (χ4n) is 2.62. The summed E-state index contributed by atoms with van der Waals surface area (Å²) < 4.78 is 18.4. The number of halogens is 1. The highest BCUT2D eigenvalue weighted by molar-refractivity contribution is 5.16. The van der Waals surface area contributed by atoms with Crippen LogP contribution in [0.3, 0.4) is 0 Å². The normalized spacial score (nSPS) is 24.1. The molecule has 1 fully saturated rings. The van der Waals surface area contributed by atoms with Gasteiger partial charge in [0.25, 0.3) is 0 Å². The highest BCUT2D eigenvalue weighted by Crippen LogP contribution is 2.20. The van der Waals surface area contributed by atoms with Gasteiger partial charge >= 0.3 is 0 Å². The number of hydrogen-bond acceptors (Lipinski definition) is 2. The summed E-state index contributed by atoms with van der Waals surface area (Å²) in [7, 11) is 1.79. The Kier molecular flexibility index (Phi) is 5.14. The fourth-order valence-corrected chi connectivity index (χ4v) is 2.62. The summed E-state index contributed by atoms with van der Waals surface area (Å²) in [4.78, 5) is 0. The zero-order valence-corrected chi connectivity index (χ0v) is 11.0. The quantitative estimate of drug-likeness (QED) is 0.868. The van der Waals surface area contributed by atoms with Crippen molar-refractivity contribution in [3.05, 3.63) is 35.6 Å². The zero-order valence-electron chi connectivity index (χ0n) is 11.0. The van der Waals surface area contributed by atoms with E-state index in [1.165, 1.54) is 18.9 Å². The SMILES string of the molecule is COC1CCC(NCCc2cccc(F)c2)CC1. The zero-order chi connectivity index (χ0) is 12.8. The van der Waals surface area contributed by atoms with Crippen LogP contribution in [0, 0.1) is 5.82 Å². The number of benzene rings is 1. The van der Waals surface area contributed by atoms with Crippen molar-refractivity contribution in [2.24, 2.45) is 0 Å². The maximum Gasteiger partial charge on any atom is 0.123 e. The lowest BCUT2D eigenvalue weighted by molar-refractivity contribution is 0.0626. The molecule has 0 atom stereocenters. The number of nitrogens with one attached hydrogen (secondary N) is 1. The maximum atomic E-state index is 13.0. The first-order valence-electron chi connectivity index (χ1n) is 6.78. The minimum Gasteiger partial charge on any atom is -0.381 e. The smallest absolute Gasteiger partial charge is 0.123 e. The van der Waals surface area contributed by atoms with Crippen molar-refractivity contribution in [2.75, 3.05) is 13.7 Å². The lowest BCUT2D eigenvalue weighted by Crippen LogP contribution is -2.36. The van der Waals surface area contributed by atoms with Gasteiger partial charge in [-0.2, -0.15) is 0 Å². The Labute approximate surface area is 109 Å². The van der Waals surface area contributed by atoms with Crippen molar-refractivity contribution in [3.8, 4) is 0 Å². The van der Waals surface area contributed by atoms with Gasteiger partial charge in [0.05, 0.1) is 6.10 Å². The molecule has 0 saturated heterocycles. The van der Waals surface area contributed by atoms with E-state index in [-0.39, 0.29) is 5.82 Å². The number of rotatable bonds is 5. The average molecular weight is 251 g/mol. The van der Waals surface area contributed by atoms with Gasteiger partial charge in [0.2, 0.25) is 0 Å². The summed E-state index contributed by atoms with van der Waals surface area (Å²) in [5, 5.41) is 3.56. The second-order valence-electron chi connectivity index (χ2n) is 5.04. The van der Waals surface area contributed by atoms with E-state index in [1.807, 2.05) is 6.07 Å². The summed E-state index contributed by atoms with van der Waals surface area (Å²) >= 11 is 0. The topological polar surface area (TPSA) is 21.3 Å². The monoisotopic (exact) mass is 251 g/mol. The highest BCUT2D eigenvalue weighted by atomic mass is 19.1. The van der Waals surface area contributed by atoms with Gasteiger partial charge in [0, 0.05) is 13.2 Å². The van der Waals surface area contributed by atoms with Crippen LogP contribution in [0.15, 0.2) is 24.3 Å². The van der Waals surface area contributed by atoms with Crippen LogP contribution in [-0.4, -0.2) is 25.8 Å². The Morgan fingerprint density at radius 2 is 2.06 bits per heavy atom. The Bertz CT molecular complexity index is 361. The molecular weight excluding hydrogens is 229 g/mol. The van der Waals surface area contributed by atoms with Crippen LogP contribution in [0.4, 0.5) is 4.39 Å². The van der Waals surface area contributed by atoms with Gasteiger partial charge in [0.1, 0.15) is 5.82 Å². The molecule has 0 amide bonds. The Hall–Kier alpha value is -0.930. The summed E-state index contributed by atoms with van der Waals surface area (Å²) in [6.07, 6.45) is 6.00. The molecule has 18 heavy (non-hydrogen) atoms. The first-order valence-corrected chi connectivity index (χ1v) is 6.78. The Balaban J connectivity index is 1.67. The molecule has 0 unspecified atom stereocenters. The number of ether oxygens (including phenoxy) is 1. The largest absolute Gasteiger partial charge is 0.381 e. The molecule has 0 bridgehead atoms. The summed E-state index contributed by atoms with van der Waals surface area (Å²) in [6, 6.07) is 7.46. The van der Waals surface area contributed by atoms with Gasteiger partial charge in [-0.25, -0.2) is 4.39 Å². The van der Waals surface area contributed by atoms with Crippen LogP contribution in [0.25, 0.3) is 0 Å². The lowest BCUT2D eigenvalue weighted by atomic mass is 9.93. The van der Waals surface area contributed by atoms with Crippen LogP contribution in [0.1, 0.15) is 31.2 Å². The first kappa shape index (κ1) is 13.5. The van der Waals surface area contributed by atoms with E-state index in [0.29, 0.717) is 12.1 Å². The average Bonchev–Trinajstić information content (AvgIpc) is 2.40. The summed E-state index contributed by atoms with van der Waals surface area (Å²) in [6.45, 7) is 0.922. The molecule has 1 aliphatic rings. The van der Waals surface area contributed by atoms with E-state index in [0.717, 1.165) is 31.4 Å². The van der Waals surface area contributed by atoms with E-state index in [1.54, 1.807) is 19.2 Å². The third kappa shape index (κ3) is 4.07. The summed E-state index contributed by atoms with van der Waals surface area (Å²) in [5.41, 5.74) is 1.06. The molecule has 3 heteroatoms. The second kappa shape index (κ2) is 6.86. The third-order valence-electron chi connectivity index (χ3n) is 3.74. The van der Waals surface area contributed by atoms with E-state index in [2.05, 4.69) is 5.32 Å². The molecule has 0 aromatic heterocycles. The molecule has 1 aliphatic carbocycles. The maximum absolute atomic E-state index is 13.0. The van der Waals surface area contributed by atoms with E-state index < -0.39 is 0 Å². The lowest BCUT2D eigenvalue weighted by Gasteiger charge is -2.28. The van der Waals surface area contributed by atoms with Crippen LogP contribution < -0.4 is 5.32 Å². The molecule has 1 aromatic rings. The van der Waals surface area contributed by atoms with Gasteiger partial charge < -0.3 is 10.1 Å². The van der Waals surface area contributed by atoms with Crippen LogP contribution in [0.2, 0.25) is 0 Å². The molecule has 0 radical (unpaired) electrons. The highest BCUT2D eigenvalue weighted by Gasteiger charge is 2.19. The second-order valence-corrected chi connectivity index (χ2v) is 5.04. The Morgan fingerprint density at radius 3 is 2.72 bits per heavy atom. The van der Waals surface area contributed by atoms with E-state index in [4.69, 9.17) is 4.74 Å². The standard InChI is InChI=1S/C15H22FNO/c1-18-15-7-5-14(6-8-15)17-10-9-12-3-2-4-13(16)11-12/h2-4,11,14-15,17H,5-10H2,1H3. The molecule has 0 heterocycles. The number of methoxy groups -OCH3 is 1. The molecule has 1 saturated carbocycles. The third-order valence-corrected chi connectivity index (χ3v) is 3.74. The van der Waals surface area contributed by atoms with Crippen molar-refractivity contribution in [2.45, 2.75) is 44.2 Å². The minimum absolute atomic E-state index is 0.145.